The molecular weight excluding hydrogens is 267 g/mol. The summed E-state index contributed by atoms with van der Waals surface area (Å²) in [6.45, 7) is 1.48. The standard InChI is InChI=1S/C12H15ClF3NO/c1-8(17-2)10-7-9(13)3-4-11(10)18-6-5-12(14,15)16/h3-4,7-8,17H,5-6H2,1-2H3. The Morgan fingerprint density at radius 2 is 2.06 bits per heavy atom. The highest BCUT2D eigenvalue weighted by Crippen LogP contribution is 2.29. The topological polar surface area (TPSA) is 21.3 Å². The SMILES string of the molecule is CNC(C)c1cc(Cl)ccc1OCCC(F)(F)F. The Morgan fingerprint density at radius 3 is 2.61 bits per heavy atom. The molecule has 0 saturated carbocycles. The maximum Gasteiger partial charge on any atom is 0.392 e. The van der Waals surface area contributed by atoms with E-state index in [4.69, 9.17) is 16.3 Å². The van der Waals surface area contributed by atoms with E-state index in [-0.39, 0.29) is 6.04 Å². The molecule has 1 aromatic carbocycles. The summed E-state index contributed by atoms with van der Waals surface area (Å²) in [7, 11) is 1.76. The van der Waals surface area contributed by atoms with E-state index in [1.807, 2.05) is 6.92 Å². The normalized spacial score (nSPS) is 13.4. The van der Waals surface area contributed by atoms with Crippen LogP contribution in [-0.2, 0) is 0 Å². The average molecular weight is 282 g/mol. The van der Waals surface area contributed by atoms with E-state index in [1.54, 1.807) is 25.2 Å². The van der Waals surface area contributed by atoms with Crippen LogP contribution in [0.5, 0.6) is 5.75 Å². The molecule has 6 heteroatoms. The lowest BCUT2D eigenvalue weighted by atomic mass is 10.1. The molecule has 0 saturated heterocycles. The van der Waals surface area contributed by atoms with Crippen molar-refractivity contribution in [3.05, 3.63) is 28.8 Å². The van der Waals surface area contributed by atoms with Crippen LogP contribution in [0.4, 0.5) is 13.2 Å². The van der Waals surface area contributed by atoms with Crippen molar-refractivity contribution < 1.29 is 17.9 Å². The average Bonchev–Trinajstić information content (AvgIpc) is 2.28. The predicted molar refractivity (Wildman–Crippen MR) is 65.1 cm³/mol. The number of hydrogen-bond acceptors (Lipinski definition) is 2. The maximum atomic E-state index is 12.0. The number of halogens is 4. The van der Waals surface area contributed by atoms with Gasteiger partial charge in [-0.15, -0.1) is 0 Å². The number of nitrogens with one attached hydrogen (secondary N) is 1. The lowest BCUT2D eigenvalue weighted by Crippen LogP contribution is -2.16. The van der Waals surface area contributed by atoms with Crippen LogP contribution in [0.2, 0.25) is 5.02 Å². The van der Waals surface area contributed by atoms with Crippen molar-refractivity contribution in [1.29, 1.82) is 0 Å². The van der Waals surface area contributed by atoms with Crippen LogP contribution >= 0.6 is 11.6 Å². The van der Waals surface area contributed by atoms with Gasteiger partial charge < -0.3 is 10.1 Å². The molecule has 1 rings (SSSR count). The van der Waals surface area contributed by atoms with Gasteiger partial charge in [0.1, 0.15) is 5.75 Å². The highest BCUT2D eigenvalue weighted by molar-refractivity contribution is 6.30. The molecule has 0 aliphatic rings. The Hall–Kier alpha value is -0.940. The summed E-state index contributed by atoms with van der Waals surface area (Å²) in [5.41, 5.74) is 0.743. The van der Waals surface area contributed by atoms with Crippen molar-refractivity contribution in [3.63, 3.8) is 0 Å². The lowest BCUT2D eigenvalue weighted by Gasteiger charge is -2.17. The molecule has 0 aromatic heterocycles. The molecule has 0 bridgehead atoms. The summed E-state index contributed by atoms with van der Waals surface area (Å²) >= 11 is 5.86. The van der Waals surface area contributed by atoms with Gasteiger partial charge in [-0.2, -0.15) is 13.2 Å². The Kier molecular flexibility index (Phi) is 5.28. The summed E-state index contributed by atoms with van der Waals surface area (Å²) in [6.07, 6.45) is -5.18. The van der Waals surface area contributed by atoms with E-state index in [0.29, 0.717) is 10.8 Å². The summed E-state index contributed by atoms with van der Waals surface area (Å²) in [5.74, 6) is 0.422. The molecule has 1 aromatic rings. The molecule has 0 heterocycles. The van der Waals surface area contributed by atoms with Gasteiger partial charge >= 0.3 is 6.18 Å². The van der Waals surface area contributed by atoms with Crippen LogP contribution in [0.25, 0.3) is 0 Å². The van der Waals surface area contributed by atoms with Crippen molar-refractivity contribution in [2.75, 3.05) is 13.7 Å². The van der Waals surface area contributed by atoms with Crippen LogP contribution in [0, 0.1) is 0 Å². The second-order valence-electron chi connectivity index (χ2n) is 3.91. The lowest BCUT2D eigenvalue weighted by molar-refractivity contribution is -0.139. The first kappa shape index (κ1) is 15.1. The van der Waals surface area contributed by atoms with Crippen LogP contribution in [-0.4, -0.2) is 19.8 Å². The van der Waals surface area contributed by atoms with Crippen LogP contribution in [0.1, 0.15) is 24.9 Å². The minimum Gasteiger partial charge on any atom is -0.493 e. The van der Waals surface area contributed by atoms with E-state index >= 15 is 0 Å². The molecule has 0 aliphatic heterocycles. The third kappa shape index (κ3) is 4.74. The fraction of sp³-hybridized carbons (Fsp3) is 0.500. The quantitative estimate of drug-likeness (QED) is 0.882. The van der Waals surface area contributed by atoms with E-state index in [0.717, 1.165) is 5.56 Å². The van der Waals surface area contributed by atoms with E-state index < -0.39 is 19.2 Å². The van der Waals surface area contributed by atoms with Gasteiger partial charge in [0.15, 0.2) is 0 Å². The second-order valence-corrected chi connectivity index (χ2v) is 4.34. The number of ether oxygens (including phenoxy) is 1. The van der Waals surface area contributed by atoms with Crippen molar-refractivity contribution >= 4 is 11.6 Å². The van der Waals surface area contributed by atoms with Crippen LogP contribution in [0.3, 0.4) is 0 Å². The van der Waals surface area contributed by atoms with Gasteiger partial charge in [-0.3, -0.25) is 0 Å². The highest BCUT2D eigenvalue weighted by atomic mass is 35.5. The molecule has 0 radical (unpaired) electrons. The van der Waals surface area contributed by atoms with Gasteiger partial charge in [0.2, 0.25) is 0 Å². The predicted octanol–water partition coefficient (Wildman–Crippen LogP) is 3.95. The Balaban J connectivity index is 2.75. The molecule has 0 fully saturated rings. The highest BCUT2D eigenvalue weighted by Gasteiger charge is 2.27. The van der Waals surface area contributed by atoms with Crippen molar-refractivity contribution in [1.82, 2.24) is 5.32 Å². The smallest absolute Gasteiger partial charge is 0.392 e. The maximum absolute atomic E-state index is 12.0. The van der Waals surface area contributed by atoms with Crippen molar-refractivity contribution in [2.45, 2.75) is 25.6 Å². The monoisotopic (exact) mass is 281 g/mol. The Bertz CT molecular complexity index is 395. The van der Waals surface area contributed by atoms with Gasteiger partial charge in [0, 0.05) is 16.6 Å². The van der Waals surface area contributed by atoms with Crippen molar-refractivity contribution in [2.24, 2.45) is 0 Å². The molecule has 102 valence electrons. The first-order valence-electron chi connectivity index (χ1n) is 5.50. The minimum absolute atomic E-state index is 0.0513. The first-order chi connectivity index (χ1) is 8.33. The summed E-state index contributed by atoms with van der Waals surface area (Å²) in [6, 6.07) is 4.81. The molecular formula is C12H15ClF3NO. The zero-order chi connectivity index (χ0) is 13.8. The molecule has 0 spiro atoms. The van der Waals surface area contributed by atoms with Crippen LogP contribution in [0.15, 0.2) is 18.2 Å². The van der Waals surface area contributed by atoms with Gasteiger partial charge in [-0.1, -0.05) is 11.6 Å². The van der Waals surface area contributed by atoms with Crippen molar-refractivity contribution in [3.8, 4) is 5.75 Å². The zero-order valence-electron chi connectivity index (χ0n) is 10.1. The fourth-order valence-corrected chi connectivity index (χ4v) is 1.60. The molecule has 1 N–H and O–H groups in total. The Labute approximate surface area is 109 Å². The van der Waals surface area contributed by atoms with E-state index in [9.17, 15) is 13.2 Å². The van der Waals surface area contributed by atoms with Gasteiger partial charge in [-0.25, -0.2) is 0 Å². The first-order valence-corrected chi connectivity index (χ1v) is 5.87. The molecule has 0 amide bonds. The summed E-state index contributed by atoms with van der Waals surface area (Å²) < 4.78 is 41.3. The molecule has 18 heavy (non-hydrogen) atoms. The number of rotatable bonds is 5. The van der Waals surface area contributed by atoms with Gasteiger partial charge in [-0.05, 0) is 32.2 Å². The Morgan fingerprint density at radius 1 is 1.39 bits per heavy atom. The third-order valence-corrected chi connectivity index (χ3v) is 2.75. The van der Waals surface area contributed by atoms with Gasteiger partial charge in [0.05, 0.1) is 13.0 Å². The number of benzene rings is 1. The summed E-state index contributed by atoms with van der Waals surface area (Å²) in [4.78, 5) is 0. The largest absolute Gasteiger partial charge is 0.493 e. The zero-order valence-corrected chi connectivity index (χ0v) is 10.9. The van der Waals surface area contributed by atoms with E-state index in [2.05, 4.69) is 5.32 Å². The molecule has 1 unspecified atom stereocenters. The van der Waals surface area contributed by atoms with Gasteiger partial charge in [0.25, 0.3) is 0 Å². The number of hydrogen-bond donors (Lipinski definition) is 1. The molecule has 1 atom stereocenters. The van der Waals surface area contributed by atoms with Crippen LogP contribution < -0.4 is 10.1 Å². The summed E-state index contributed by atoms with van der Waals surface area (Å²) in [5, 5.41) is 3.52. The third-order valence-electron chi connectivity index (χ3n) is 2.51. The minimum atomic E-state index is -4.21. The fourth-order valence-electron chi connectivity index (χ4n) is 1.42. The number of alkyl halides is 3. The van der Waals surface area contributed by atoms with E-state index in [1.165, 1.54) is 0 Å². The molecule has 2 nitrogen and oxygen atoms in total. The second kappa shape index (κ2) is 6.29. The molecule has 0 aliphatic carbocycles.